The Bertz CT molecular complexity index is 353. The van der Waals surface area contributed by atoms with Gasteiger partial charge in [0, 0.05) is 11.6 Å². The predicted octanol–water partition coefficient (Wildman–Crippen LogP) is 1.68. The number of nitrogens with zero attached hydrogens (tertiary/aromatic N) is 1. The molecule has 2 heterocycles. The third-order valence-corrected chi connectivity index (χ3v) is 2.22. The zero-order chi connectivity index (χ0) is 6.97. The average Bonchev–Trinajstić information content (AvgIpc) is 2.36. The number of fused-ring (bicyclic) bond motifs is 1. The smallest absolute Gasteiger partial charge is 0.141 e. The highest BCUT2D eigenvalue weighted by Crippen LogP contribution is 2.23. The first-order valence-corrected chi connectivity index (χ1v) is 3.69. The lowest BCUT2D eigenvalue weighted by Crippen LogP contribution is -1.86. The van der Waals surface area contributed by atoms with Crippen LogP contribution in [-0.2, 0) is 0 Å². The second-order valence-corrected chi connectivity index (χ2v) is 2.83. The van der Waals surface area contributed by atoms with Gasteiger partial charge in [0.15, 0.2) is 0 Å². The van der Waals surface area contributed by atoms with Gasteiger partial charge < -0.3 is 5.73 Å². The van der Waals surface area contributed by atoms with Crippen LogP contribution in [0.1, 0.15) is 0 Å². The van der Waals surface area contributed by atoms with Gasteiger partial charge in [-0.25, -0.2) is 4.98 Å². The number of thiophene rings is 1. The van der Waals surface area contributed by atoms with Crippen molar-refractivity contribution in [2.24, 2.45) is 0 Å². The van der Waals surface area contributed by atoms with Gasteiger partial charge in [-0.3, -0.25) is 0 Å². The maximum absolute atomic E-state index is 5.58. The molecule has 0 saturated heterocycles. The van der Waals surface area contributed by atoms with Crippen molar-refractivity contribution in [1.29, 1.82) is 0 Å². The quantitative estimate of drug-likeness (QED) is 0.619. The molecule has 2 aromatic rings. The van der Waals surface area contributed by atoms with E-state index < -0.39 is 0 Å². The van der Waals surface area contributed by atoms with Crippen LogP contribution in [0, 0.1) is 5.38 Å². The largest absolute Gasteiger partial charge is 0.383 e. The molecular weight excluding hydrogens is 144 g/mol. The Morgan fingerprint density at radius 3 is 3.30 bits per heavy atom. The summed E-state index contributed by atoms with van der Waals surface area (Å²) in [5.41, 5.74) is 5.58. The highest BCUT2D eigenvalue weighted by atomic mass is 32.1. The molecule has 2 aromatic heterocycles. The summed E-state index contributed by atoms with van der Waals surface area (Å²) in [6, 6.07) is 3.84. The molecule has 0 aliphatic heterocycles. The summed E-state index contributed by atoms with van der Waals surface area (Å²) < 4.78 is 1.03. The Balaban J connectivity index is 2.95. The van der Waals surface area contributed by atoms with Crippen molar-refractivity contribution in [1.82, 2.24) is 4.98 Å². The fourth-order valence-electron chi connectivity index (χ4n) is 0.857. The standard InChI is InChI=1S/C7H5N2S/c8-7-6-5(1-3-9-7)2-4-10-6/h1-3H,(H2,8,9). The summed E-state index contributed by atoms with van der Waals surface area (Å²) in [6.07, 6.45) is 1.71. The molecule has 0 fully saturated rings. The summed E-state index contributed by atoms with van der Waals surface area (Å²) in [5.74, 6) is 0.601. The average molecular weight is 149 g/mol. The Hall–Kier alpha value is -1.09. The van der Waals surface area contributed by atoms with Crippen LogP contribution in [-0.4, -0.2) is 4.98 Å². The number of nitrogen functional groups attached to an aromatic ring is 1. The molecule has 0 bridgehead atoms. The number of aromatic nitrogens is 1. The second kappa shape index (κ2) is 1.95. The van der Waals surface area contributed by atoms with E-state index in [1.165, 1.54) is 11.3 Å². The van der Waals surface area contributed by atoms with E-state index in [2.05, 4.69) is 10.4 Å². The number of hydrogen-bond donors (Lipinski definition) is 1. The van der Waals surface area contributed by atoms with Crippen molar-refractivity contribution in [2.45, 2.75) is 0 Å². The number of pyridine rings is 1. The minimum Gasteiger partial charge on any atom is -0.383 e. The number of hydrogen-bond acceptors (Lipinski definition) is 3. The van der Waals surface area contributed by atoms with Gasteiger partial charge in [-0.1, -0.05) is 0 Å². The van der Waals surface area contributed by atoms with Crippen molar-refractivity contribution in [3.8, 4) is 0 Å². The van der Waals surface area contributed by atoms with Gasteiger partial charge in [-0.05, 0) is 17.5 Å². The fraction of sp³-hybridized carbons (Fsp3) is 0. The van der Waals surface area contributed by atoms with Crippen molar-refractivity contribution >= 4 is 27.2 Å². The van der Waals surface area contributed by atoms with E-state index in [1.54, 1.807) is 6.20 Å². The molecule has 49 valence electrons. The molecule has 0 atom stereocenters. The molecule has 2 N–H and O–H groups in total. The zero-order valence-corrected chi connectivity index (χ0v) is 5.98. The van der Waals surface area contributed by atoms with Crippen LogP contribution in [0.5, 0.6) is 0 Å². The third kappa shape index (κ3) is 0.675. The molecule has 1 radical (unpaired) electrons. The van der Waals surface area contributed by atoms with E-state index >= 15 is 0 Å². The van der Waals surface area contributed by atoms with Gasteiger partial charge in [0.25, 0.3) is 0 Å². The number of rotatable bonds is 0. The van der Waals surface area contributed by atoms with Gasteiger partial charge in [0.1, 0.15) is 5.82 Å². The van der Waals surface area contributed by atoms with Crippen LogP contribution in [0.3, 0.4) is 0 Å². The topological polar surface area (TPSA) is 38.9 Å². The molecule has 0 amide bonds. The van der Waals surface area contributed by atoms with Crippen LogP contribution in [0.25, 0.3) is 10.1 Å². The fourth-order valence-corrected chi connectivity index (χ4v) is 1.56. The van der Waals surface area contributed by atoms with Crippen molar-refractivity contribution in [3.63, 3.8) is 0 Å². The summed E-state index contributed by atoms with van der Waals surface area (Å²) in [6.45, 7) is 0. The lowest BCUT2D eigenvalue weighted by molar-refractivity contribution is 1.38. The second-order valence-electron chi connectivity index (χ2n) is 1.98. The van der Waals surface area contributed by atoms with Crippen LogP contribution in [0.2, 0.25) is 0 Å². The first-order valence-electron chi connectivity index (χ1n) is 2.88. The first-order chi connectivity index (χ1) is 4.88. The van der Waals surface area contributed by atoms with E-state index in [-0.39, 0.29) is 0 Å². The normalized spacial score (nSPS) is 10.4. The molecule has 0 aliphatic rings. The van der Waals surface area contributed by atoms with E-state index in [0.29, 0.717) is 5.82 Å². The maximum Gasteiger partial charge on any atom is 0.141 e. The van der Waals surface area contributed by atoms with E-state index in [4.69, 9.17) is 5.73 Å². The molecule has 10 heavy (non-hydrogen) atoms. The molecule has 0 unspecified atom stereocenters. The Kier molecular flexibility index (Phi) is 1.11. The van der Waals surface area contributed by atoms with Crippen LogP contribution < -0.4 is 5.73 Å². The Morgan fingerprint density at radius 2 is 2.50 bits per heavy atom. The van der Waals surface area contributed by atoms with Crippen molar-refractivity contribution in [2.75, 3.05) is 5.73 Å². The van der Waals surface area contributed by atoms with Crippen LogP contribution in [0.15, 0.2) is 18.3 Å². The van der Waals surface area contributed by atoms with Crippen molar-refractivity contribution < 1.29 is 0 Å². The number of nitrogens with two attached hydrogens (primary N) is 1. The van der Waals surface area contributed by atoms with E-state index in [9.17, 15) is 0 Å². The van der Waals surface area contributed by atoms with Gasteiger partial charge in [0.2, 0.25) is 0 Å². The van der Waals surface area contributed by atoms with Gasteiger partial charge in [0.05, 0.1) is 4.70 Å². The zero-order valence-electron chi connectivity index (χ0n) is 5.16. The highest BCUT2D eigenvalue weighted by molar-refractivity contribution is 7.17. The molecule has 2 nitrogen and oxygen atoms in total. The minimum atomic E-state index is 0.601. The molecule has 3 heteroatoms. The minimum absolute atomic E-state index is 0.601. The van der Waals surface area contributed by atoms with E-state index in [0.717, 1.165) is 10.1 Å². The first kappa shape index (κ1) is 5.68. The monoisotopic (exact) mass is 149 g/mol. The summed E-state index contributed by atoms with van der Waals surface area (Å²) in [4.78, 5) is 3.95. The van der Waals surface area contributed by atoms with Crippen LogP contribution in [0.4, 0.5) is 5.82 Å². The lowest BCUT2D eigenvalue weighted by atomic mass is 10.3. The van der Waals surface area contributed by atoms with Crippen LogP contribution >= 0.6 is 11.3 Å². The molecule has 0 saturated carbocycles. The lowest BCUT2D eigenvalue weighted by Gasteiger charge is -1.90. The third-order valence-electron chi connectivity index (χ3n) is 1.34. The molecule has 0 aliphatic carbocycles. The molecule has 2 rings (SSSR count). The molecular formula is C7H5N2S. The Morgan fingerprint density at radius 1 is 1.60 bits per heavy atom. The Labute approximate surface area is 62.3 Å². The summed E-state index contributed by atoms with van der Waals surface area (Å²) >= 11 is 1.50. The SMILES string of the molecule is Nc1nccc2c[c]sc12. The summed E-state index contributed by atoms with van der Waals surface area (Å²) in [7, 11) is 0. The van der Waals surface area contributed by atoms with Gasteiger partial charge in [-0.2, -0.15) is 0 Å². The number of anilines is 1. The van der Waals surface area contributed by atoms with Crippen molar-refractivity contribution in [3.05, 3.63) is 23.7 Å². The summed E-state index contributed by atoms with van der Waals surface area (Å²) in [5, 5.41) is 4.12. The van der Waals surface area contributed by atoms with Gasteiger partial charge in [-0.15, -0.1) is 11.3 Å². The highest BCUT2D eigenvalue weighted by Gasteiger charge is 1.97. The van der Waals surface area contributed by atoms with E-state index in [1.807, 2.05) is 12.1 Å². The molecule has 0 aromatic carbocycles. The van der Waals surface area contributed by atoms with Gasteiger partial charge >= 0.3 is 0 Å². The molecule has 0 spiro atoms. The maximum atomic E-state index is 5.58. The predicted molar refractivity (Wildman–Crippen MR) is 42.9 cm³/mol.